The fourth-order valence-corrected chi connectivity index (χ4v) is 7.53. The van der Waals surface area contributed by atoms with Crippen LogP contribution < -0.4 is 4.74 Å². The Kier molecular flexibility index (Phi) is 9.57. The third-order valence-electron chi connectivity index (χ3n) is 10.2. The summed E-state index contributed by atoms with van der Waals surface area (Å²) in [5.41, 5.74) is 5.42. The van der Waals surface area contributed by atoms with E-state index in [4.69, 9.17) is 4.74 Å². The van der Waals surface area contributed by atoms with E-state index in [1.807, 2.05) is 25.1 Å². The van der Waals surface area contributed by atoms with Crippen LogP contribution in [0, 0.1) is 37.5 Å². The normalized spacial score (nSPS) is 26.4. The summed E-state index contributed by atoms with van der Waals surface area (Å²) < 4.78 is 5.39. The molecule has 1 heterocycles. The van der Waals surface area contributed by atoms with Crippen LogP contribution >= 0.6 is 0 Å². The summed E-state index contributed by atoms with van der Waals surface area (Å²) in [5, 5.41) is 0. The first kappa shape index (κ1) is 29.5. The third kappa shape index (κ3) is 7.26. The number of ketones is 2. The molecule has 2 aromatic rings. The topological polar surface area (TPSA) is 60.4 Å². The smallest absolute Gasteiger partial charge is 0.318 e. The van der Waals surface area contributed by atoms with E-state index in [-0.39, 0.29) is 29.4 Å². The number of Topliss-reactive ketones (excluding diaryl/α,β-unsaturated/α-hetero) is 1. The first-order valence-electron chi connectivity index (χ1n) is 15.9. The summed E-state index contributed by atoms with van der Waals surface area (Å²) in [6.45, 7) is 6.09. The fourth-order valence-electron chi connectivity index (χ4n) is 7.53. The second kappa shape index (κ2) is 13.3. The predicted octanol–water partition coefficient (Wildman–Crippen LogP) is 8.66. The van der Waals surface area contributed by atoms with Crippen LogP contribution in [0.2, 0.25) is 0 Å². The average molecular weight is 555 g/mol. The van der Waals surface area contributed by atoms with Crippen molar-refractivity contribution in [2.75, 3.05) is 0 Å². The molecule has 2 aromatic carbocycles. The summed E-state index contributed by atoms with van der Waals surface area (Å²) >= 11 is 0. The maximum atomic E-state index is 13.4. The molecule has 2 fully saturated rings. The van der Waals surface area contributed by atoms with Crippen LogP contribution in [0.4, 0.5) is 0 Å². The van der Waals surface area contributed by atoms with Crippen molar-refractivity contribution in [3.63, 3.8) is 0 Å². The van der Waals surface area contributed by atoms with Gasteiger partial charge in [0.1, 0.15) is 5.75 Å². The Hall–Kier alpha value is -3.01. The molecule has 4 heteroatoms. The van der Waals surface area contributed by atoms with Crippen molar-refractivity contribution in [2.45, 2.75) is 104 Å². The van der Waals surface area contributed by atoms with E-state index < -0.39 is 0 Å². The molecular formula is C37H46O4. The van der Waals surface area contributed by atoms with Crippen molar-refractivity contribution in [1.82, 2.24) is 0 Å². The highest BCUT2D eigenvalue weighted by molar-refractivity contribution is 5.99. The van der Waals surface area contributed by atoms with Crippen LogP contribution in [-0.2, 0) is 16.0 Å². The molecule has 2 saturated carbocycles. The minimum atomic E-state index is -0.251. The van der Waals surface area contributed by atoms with E-state index in [2.05, 4.69) is 32.0 Å². The molecule has 0 aromatic heterocycles. The van der Waals surface area contributed by atoms with E-state index in [0.29, 0.717) is 29.6 Å². The molecule has 41 heavy (non-hydrogen) atoms. The van der Waals surface area contributed by atoms with E-state index in [1.54, 1.807) is 12.1 Å². The van der Waals surface area contributed by atoms with Gasteiger partial charge in [-0.25, -0.2) is 0 Å². The number of carbonyl (C=O) groups is 3. The highest BCUT2D eigenvalue weighted by Gasteiger charge is 2.33. The van der Waals surface area contributed by atoms with E-state index in [1.165, 1.54) is 48.8 Å². The molecule has 0 saturated heterocycles. The van der Waals surface area contributed by atoms with Crippen LogP contribution in [0.15, 0.2) is 48.6 Å². The number of hydrogen-bond acceptors (Lipinski definition) is 4. The molecular weight excluding hydrogens is 508 g/mol. The Morgan fingerprint density at radius 3 is 2.44 bits per heavy atom. The van der Waals surface area contributed by atoms with E-state index >= 15 is 0 Å². The lowest BCUT2D eigenvalue weighted by Crippen LogP contribution is -2.22. The molecule has 5 rings (SSSR count). The summed E-state index contributed by atoms with van der Waals surface area (Å²) in [7, 11) is 0. The highest BCUT2D eigenvalue weighted by atomic mass is 16.5. The number of rotatable bonds is 9. The standard InChI is InChI=1S/C37H46O4/c1-24-10-14-28(25(2)22-24)6-5-9-33(38)20-13-27-11-15-30(16-12-27)29-7-4-8-31(18-17-29)36(39)32-19-21-34-26(3)37(40)41-35(34)23-32/h5,9-10,14,19,21-23,26-27,29-31H,4,6-8,11-13,15-18,20H2,1-3H3/b9-5-. The maximum absolute atomic E-state index is 13.4. The van der Waals surface area contributed by atoms with Crippen LogP contribution in [0.1, 0.15) is 116 Å². The molecule has 1 aliphatic heterocycles. The van der Waals surface area contributed by atoms with Crippen molar-refractivity contribution >= 4 is 17.5 Å². The summed E-state index contributed by atoms with van der Waals surface area (Å²) in [6, 6.07) is 12.1. The molecule has 3 atom stereocenters. The van der Waals surface area contributed by atoms with Crippen molar-refractivity contribution < 1.29 is 19.1 Å². The lowest BCUT2D eigenvalue weighted by molar-refractivity contribution is -0.133. The molecule has 0 spiro atoms. The first-order valence-corrected chi connectivity index (χ1v) is 15.9. The van der Waals surface area contributed by atoms with Crippen LogP contribution in [-0.4, -0.2) is 17.5 Å². The Bertz CT molecular complexity index is 1300. The zero-order valence-electron chi connectivity index (χ0n) is 25.1. The molecule has 0 radical (unpaired) electrons. The van der Waals surface area contributed by atoms with Gasteiger partial charge in [0.05, 0.1) is 5.92 Å². The van der Waals surface area contributed by atoms with E-state index in [9.17, 15) is 14.4 Å². The quantitative estimate of drug-likeness (QED) is 0.102. The van der Waals surface area contributed by atoms with E-state index in [0.717, 1.165) is 50.0 Å². The predicted molar refractivity (Wildman–Crippen MR) is 163 cm³/mol. The number of allylic oxidation sites excluding steroid dienone is 2. The van der Waals surface area contributed by atoms with Crippen LogP contribution in [0.3, 0.4) is 0 Å². The summed E-state index contributed by atoms with van der Waals surface area (Å²) in [6.07, 6.45) is 16.7. The second-order valence-corrected chi connectivity index (χ2v) is 13.0. The van der Waals surface area contributed by atoms with Crippen LogP contribution in [0.25, 0.3) is 0 Å². The van der Waals surface area contributed by atoms with Gasteiger partial charge in [0.15, 0.2) is 11.6 Å². The zero-order chi connectivity index (χ0) is 28.9. The molecule has 3 unspecified atom stereocenters. The lowest BCUT2D eigenvalue weighted by atomic mass is 9.72. The number of esters is 1. The van der Waals surface area contributed by atoms with Gasteiger partial charge >= 0.3 is 5.97 Å². The molecule has 2 aliphatic carbocycles. The Labute approximate surface area is 246 Å². The average Bonchev–Trinajstić information content (AvgIpc) is 3.11. The maximum Gasteiger partial charge on any atom is 0.318 e. The molecule has 4 nitrogen and oxygen atoms in total. The Morgan fingerprint density at radius 1 is 0.902 bits per heavy atom. The monoisotopic (exact) mass is 554 g/mol. The summed E-state index contributed by atoms with van der Waals surface area (Å²) in [5.74, 6) is 2.75. The number of carbonyl (C=O) groups excluding carboxylic acids is 3. The lowest BCUT2D eigenvalue weighted by Gasteiger charge is -2.33. The van der Waals surface area contributed by atoms with Gasteiger partial charge in [-0.1, -0.05) is 67.7 Å². The van der Waals surface area contributed by atoms with Gasteiger partial charge in [-0.2, -0.15) is 0 Å². The van der Waals surface area contributed by atoms with Crippen molar-refractivity contribution in [2.24, 2.45) is 23.7 Å². The molecule has 3 aliphatic rings. The molecule has 0 amide bonds. The van der Waals surface area contributed by atoms with Crippen LogP contribution in [0.5, 0.6) is 5.75 Å². The largest absolute Gasteiger partial charge is 0.426 e. The van der Waals surface area contributed by atoms with Gasteiger partial charge in [-0.3, -0.25) is 14.4 Å². The van der Waals surface area contributed by atoms with Gasteiger partial charge in [0.25, 0.3) is 0 Å². The third-order valence-corrected chi connectivity index (χ3v) is 10.2. The van der Waals surface area contributed by atoms with Crippen molar-refractivity contribution in [1.29, 1.82) is 0 Å². The Morgan fingerprint density at radius 2 is 1.66 bits per heavy atom. The Balaban J connectivity index is 1.03. The minimum Gasteiger partial charge on any atom is -0.426 e. The number of aryl methyl sites for hydroxylation is 2. The van der Waals surface area contributed by atoms with Gasteiger partial charge in [-0.15, -0.1) is 0 Å². The zero-order valence-corrected chi connectivity index (χ0v) is 25.1. The molecule has 0 N–H and O–H groups in total. The number of benzene rings is 2. The summed E-state index contributed by atoms with van der Waals surface area (Å²) in [4.78, 5) is 37.8. The number of ether oxygens (including phenoxy) is 1. The SMILES string of the molecule is Cc1ccc(C/C=C\C(=O)CCC2CCC(C3CCCC(C(=O)c4ccc5c(c4)OC(=O)C5C)CC3)CC2)c(C)c1. The molecule has 218 valence electrons. The molecule has 0 bridgehead atoms. The van der Waals surface area contributed by atoms with Crippen molar-refractivity contribution in [3.8, 4) is 5.75 Å². The second-order valence-electron chi connectivity index (χ2n) is 13.0. The van der Waals surface area contributed by atoms with Gasteiger partial charge in [0.2, 0.25) is 0 Å². The van der Waals surface area contributed by atoms with Crippen molar-refractivity contribution in [3.05, 3.63) is 76.4 Å². The highest BCUT2D eigenvalue weighted by Crippen LogP contribution is 2.42. The first-order chi connectivity index (χ1) is 19.8. The van der Waals surface area contributed by atoms with Gasteiger partial charge in [-0.05, 0) is 107 Å². The minimum absolute atomic E-state index is 0.0675. The number of hydrogen-bond donors (Lipinski definition) is 0. The fraction of sp³-hybridized carbons (Fsp3) is 0.541. The van der Waals surface area contributed by atoms with Gasteiger partial charge < -0.3 is 4.74 Å². The number of fused-ring (bicyclic) bond motifs is 1. The van der Waals surface area contributed by atoms with Gasteiger partial charge in [0, 0.05) is 23.5 Å².